The molecule has 1 N–H and O–H groups in total. The van der Waals surface area contributed by atoms with Gasteiger partial charge in [0.15, 0.2) is 0 Å². The first-order valence-corrected chi connectivity index (χ1v) is 7.41. The second kappa shape index (κ2) is 7.26. The molecule has 0 aliphatic heterocycles. The predicted molar refractivity (Wildman–Crippen MR) is 79.9 cm³/mol. The highest BCUT2D eigenvalue weighted by atomic mass is 32.1. The van der Waals surface area contributed by atoms with Crippen LogP contribution in [-0.4, -0.2) is 18.6 Å². The lowest BCUT2D eigenvalue weighted by Crippen LogP contribution is -2.16. The van der Waals surface area contributed by atoms with Crippen LogP contribution in [0.1, 0.15) is 22.4 Å². The van der Waals surface area contributed by atoms with Crippen LogP contribution in [0.15, 0.2) is 30.5 Å². The van der Waals surface area contributed by atoms with E-state index in [0.717, 1.165) is 31.7 Å². The van der Waals surface area contributed by atoms with E-state index >= 15 is 0 Å². The first-order valence-electron chi connectivity index (χ1n) is 6.59. The molecular formula is C15H20N2OS. The first kappa shape index (κ1) is 14.0. The number of rotatable bonds is 7. The summed E-state index contributed by atoms with van der Waals surface area (Å²) in [5.74, 6) is 0.968. The van der Waals surface area contributed by atoms with Gasteiger partial charge >= 0.3 is 0 Å². The Morgan fingerprint density at radius 2 is 2.16 bits per heavy atom. The van der Waals surface area contributed by atoms with Crippen molar-refractivity contribution in [2.75, 3.05) is 13.7 Å². The number of hydrogen-bond acceptors (Lipinski definition) is 4. The molecule has 2 aromatic rings. The Labute approximate surface area is 118 Å². The van der Waals surface area contributed by atoms with Gasteiger partial charge in [0.25, 0.3) is 0 Å². The lowest BCUT2D eigenvalue weighted by molar-refractivity contribution is 0.409. The van der Waals surface area contributed by atoms with E-state index in [1.807, 2.05) is 18.3 Å². The maximum atomic E-state index is 5.34. The van der Waals surface area contributed by atoms with Gasteiger partial charge in [-0.1, -0.05) is 25.1 Å². The quantitative estimate of drug-likeness (QED) is 0.789. The van der Waals surface area contributed by atoms with E-state index in [9.17, 15) is 0 Å². The van der Waals surface area contributed by atoms with Crippen molar-refractivity contribution in [3.05, 3.63) is 45.9 Å². The van der Waals surface area contributed by atoms with Gasteiger partial charge < -0.3 is 10.1 Å². The van der Waals surface area contributed by atoms with E-state index in [1.165, 1.54) is 15.4 Å². The third kappa shape index (κ3) is 4.04. The molecule has 0 fully saturated rings. The fourth-order valence-corrected chi connectivity index (χ4v) is 2.77. The van der Waals surface area contributed by atoms with Gasteiger partial charge in [0.05, 0.1) is 12.1 Å². The molecule has 0 unspecified atom stereocenters. The second-order valence-electron chi connectivity index (χ2n) is 4.31. The molecule has 0 aliphatic rings. The number of ether oxygens (including phenoxy) is 1. The van der Waals surface area contributed by atoms with Gasteiger partial charge in [0.1, 0.15) is 5.75 Å². The van der Waals surface area contributed by atoms with Gasteiger partial charge in [-0.2, -0.15) is 0 Å². The van der Waals surface area contributed by atoms with Crippen molar-refractivity contribution in [1.82, 2.24) is 10.3 Å². The molecule has 102 valence electrons. The van der Waals surface area contributed by atoms with Crippen LogP contribution < -0.4 is 10.1 Å². The summed E-state index contributed by atoms with van der Waals surface area (Å²) in [7, 11) is 1.72. The van der Waals surface area contributed by atoms with E-state index in [2.05, 4.69) is 29.4 Å². The lowest BCUT2D eigenvalue weighted by atomic mass is 10.1. The average molecular weight is 276 g/mol. The van der Waals surface area contributed by atoms with Crippen LogP contribution in [0.2, 0.25) is 0 Å². The van der Waals surface area contributed by atoms with Crippen LogP contribution in [0.3, 0.4) is 0 Å². The molecular weight excluding hydrogens is 256 g/mol. The predicted octanol–water partition coefficient (Wildman–Crippen LogP) is 3.05. The Kier molecular flexibility index (Phi) is 5.36. The summed E-state index contributed by atoms with van der Waals surface area (Å²) in [6.07, 6.45) is 3.97. The Morgan fingerprint density at radius 3 is 2.89 bits per heavy atom. The monoisotopic (exact) mass is 276 g/mol. The highest BCUT2D eigenvalue weighted by molar-refractivity contribution is 7.11. The summed E-state index contributed by atoms with van der Waals surface area (Å²) in [5, 5.41) is 4.66. The van der Waals surface area contributed by atoms with Gasteiger partial charge in [-0.15, -0.1) is 11.3 Å². The Balaban J connectivity index is 1.77. The summed E-state index contributed by atoms with van der Waals surface area (Å²) in [5.41, 5.74) is 1.25. The van der Waals surface area contributed by atoms with Crippen molar-refractivity contribution in [3.8, 4) is 5.75 Å². The molecule has 1 aromatic heterocycles. The molecule has 1 aromatic carbocycles. The number of hydrogen-bond donors (Lipinski definition) is 1. The SMILES string of the molecule is CCc1ncc(CNCCc2ccccc2OC)s1. The molecule has 0 bridgehead atoms. The van der Waals surface area contributed by atoms with Crippen LogP contribution >= 0.6 is 11.3 Å². The normalized spacial score (nSPS) is 10.6. The maximum absolute atomic E-state index is 5.34. The molecule has 2 rings (SSSR count). The van der Waals surface area contributed by atoms with Gasteiger partial charge in [-0.25, -0.2) is 4.98 Å². The van der Waals surface area contributed by atoms with Gasteiger partial charge in [0.2, 0.25) is 0 Å². The molecule has 0 atom stereocenters. The van der Waals surface area contributed by atoms with Crippen molar-refractivity contribution in [1.29, 1.82) is 0 Å². The molecule has 19 heavy (non-hydrogen) atoms. The van der Waals surface area contributed by atoms with Gasteiger partial charge in [-0.3, -0.25) is 0 Å². The number of nitrogens with zero attached hydrogens (tertiary/aromatic N) is 1. The summed E-state index contributed by atoms with van der Waals surface area (Å²) in [6, 6.07) is 8.17. The van der Waals surface area contributed by atoms with Crippen molar-refractivity contribution >= 4 is 11.3 Å². The van der Waals surface area contributed by atoms with Crippen molar-refractivity contribution < 1.29 is 4.74 Å². The third-order valence-corrected chi connectivity index (χ3v) is 4.11. The maximum Gasteiger partial charge on any atom is 0.122 e. The van der Waals surface area contributed by atoms with Crippen LogP contribution in [0.25, 0.3) is 0 Å². The molecule has 0 saturated heterocycles. The Hall–Kier alpha value is -1.39. The number of methoxy groups -OCH3 is 1. The number of para-hydroxylation sites is 1. The number of thiazole rings is 1. The Morgan fingerprint density at radius 1 is 1.32 bits per heavy atom. The fourth-order valence-electron chi connectivity index (χ4n) is 1.94. The summed E-state index contributed by atoms with van der Waals surface area (Å²) in [6.45, 7) is 3.98. The molecule has 0 spiro atoms. The minimum atomic E-state index is 0.896. The standard InChI is InChI=1S/C15H20N2OS/c1-3-15-17-11-13(19-15)10-16-9-8-12-6-4-5-7-14(12)18-2/h4-7,11,16H,3,8-10H2,1-2H3. The summed E-state index contributed by atoms with van der Waals surface area (Å²) in [4.78, 5) is 5.66. The van der Waals surface area contributed by atoms with E-state index in [1.54, 1.807) is 18.4 Å². The largest absolute Gasteiger partial charge is 0.496 e. The van der Waals surface area contributed by atoms with Crippen molar-refractivity contribution in [3.63, 3.8) is 0 Å². The van der Waals surface area contributed by atoms with Crippen LogP contribution in [0.4, 0.5) is 0 Å². The van der Waals surface area contributed by atoms with Crippen LogP contribution in [-0.2, 0) is 19.4 Å². The fraction of sp³-hybridized carbons (Fsp3) is 0.400. The smallest absolute Gasteiger partial charge is 0.122 e. The van der Waals surface area contributed by atoms with Gasteiger partial charge in [0, 0.05) is 17.6 Å². The molecule has 0 aliphatic carbocycles. The summed E-state index contributed by atoms with van der Waals surface area (Å²) >= 11 is 1.79. The van der Waals surface area contributed by atoms with Crippen molar-refractivity contribution in [2.24, 2.45) is 0 Å². The molecule has 0 amide bonds. The summed E-state index contributed by atoms with van der Waals surface area (Å²) < 4.78 is 5.34. The highest BCUT2D eigenvalue weighted by Gasteiger charge is 2.02. The number of nitrogens with one attached hydrogen (secondary N) is 1. The zero-order valence-corrected chi connectivity index (χ0v) is 12.3. The van der Waals surface area contributed by atoms with E-state index in [4.69, 9.17) is 4.74 Å². The average Bonchev–Trinajstić information content (AvgIpc) is 2.92. The second-order valence-corrected chi connectivity index (χ2v) is 5.51. The zero-order valence-electron chi connectivity index (χ0n) is 11.5. The molecule has 1 heterocycles. The number of aryl methyl sites for hydroxylation is 1. The van der Waals surface area contributed by atoms with Crippen LogP contribution in [0.5, 0.6) is 5.75 Å². The number of aromatic nitrogens is 1. The van der Waals surface area contributed by atoms with E-state index in [0.29, 0.717) is 0 Å². The zero-order chi connectivity index (χ0) is 13.5. The molecule has 3 nitrogen and oxygen atoms in total. The highest BCUT2D eigenvalue weighted by Crippen LogP contribution is 2.17. The van der Waals surface area contributed by atoms with Crippen molar-refractivity contribution in [2.45, 2.75) is 26.3 Å². The molecule has 4 heteroatoms. The third-order valence-electron chi connectivity index (χ3n) is 2.97. The van der Waals surface area contributed by atoms with E-state index < -0.39 is 0 Å². The minimum absolute atomic E-state index is 0.896. The molecule has 0 saturated carbocycles. The minimum Gasteiger partial charge on any atom is -0.496 e. The Bertz CT molecular complexity index is 510. The van der Waals surface area contributed by atoms with E-state index in [-0.39, 0.29) is 0 Å². The molecule has 0 radical (unpaired) electrons. The number of benzene rings is 1. The van der Waals surface area contributed by atoms with Crippen LogP contribution in [0, 0.1) is 0 Å². The van der Waals surface area contributed by atoms with Gasteiger partial charge in [-0.05, 0) is 31.0 Å². The topological polar surface area (TPSA) is 34.2 Å². The first-order chi connectivity index (χ1) is 9.33. The lowest BCUT2D eigenvalue weighted by Gasteiger charge is -2.08.